The van der Waals surface area contributed by atoms with Crippen LogP contribution in [0, 0.1) is 0 Å². The van der Waals surface area contributed by atoms with Crippen LogP contribution in [0.5, 0.6) is 0 Å². The Hall–Kier alpha value is -0.500. The summed E-state index contributed by atoms with van der Waals surface area (Å²) in [5.41, 5.74) is 0. The number of esters is 1. The summed E-state index contributed by atoms with van der Waals surface area (Å²) in [7, 11) is 0. The van der Waals surface area contributed by atoms with Gasteiger partial charge in [-0.3, -0.25) is 4.79 Å². The number of hydrogen-bond acceptors (Lipinski definition) is 2. The van der Waals surface area contributed by atoms with Gasteiger partial charge in [0, 0.05) is 6.42 Å². The molecule has 58 valence electrons. The van der Waals surface area contributed by atoms with Crippen molar-refractivity contribution in [2.45, 2.75) is 19.4 Å². The summed E-state index contributed by atoms with van der Waals surface area (Å²) in [6.07, 6.45) is 1.55. The topological polar surface area (TPSA) is 26.3 Å². The van der Waals surface area contributed by atoms with Crippen molar-refractivity contribution < 1.29 is 9.53 Å². The number of carbonyl (C=O) groups excluding carboxylic acids is 1. The zero-order chi connectivity index (χ0) is 7.98. The van der Waals surface area contributed by atoms with Crippen LogP contribution in [0.4, 0.5) is 0 Å². The van der Waals surface area contributed by atoms with E-state index in [-0.39, 0.29) is 18.0 Å². The monoisotopic (exact) mass is 162 g/mol. The molecule has 0 aliphatic carbocycles. The Morgan fingerprint density at radius 1 is 1.90 bits per heavy atom. The van der Waals surface area contributed by atoms with Crippen molar-refractivity contribution in [1.82, 2.24) is 0 Å². The molecule has 0 N–H and O–H groups in total. The van der Waals surface area contributed by atoms with Crippen LogP contribution in [0.1, 0.15) is 13.3 Å². The summed E-state index contributed by atoms with van der Waals surface area (Å²) in [5, 5.41) is 0. The summed E-state index contributed by atoms with van der Waals surface area (Å²) < 4.78 is 4.81. The van der Waals surface area contributed by atoms with Crippen LogP contribution in [0.2, 0.25) is 0 Å². The molecule has 2 nitrogen and oxygen atoms in total. The van der Waals surface area contributed by atoms with Crippen molar-refractivity contribution in [1.29, 1.82) is 0 Å². The SMILES string of the molecule is C=CC(CCl)OC(=O)CC. The molecule has 0 radical (unpaired) electrons. The Balaban J connectivity index is 3.62. The van der Waals surface area contributed by atoms with Crippen molar-refractivity contribution in [3.05, 3.63) is 12.7 Å². The van der Waals surface area contributed by atoms with Gasteiger partial charge in [0.15, 0.2) is 0 Å². The van der Waals surface area contributed by atoms with Crippen molar-refractivity contribution in [3.63, 3.8) is 0 Å². The highest BCUT2D eigenvalue weighted by Crippen LogP contribution is 1.98. The average molecular weight is 163 g/mol. The van der Waals surface area contributed by atoms with Crippen LogP contribution in [0.15, 0.2) is 12.7 Å². The van der Waals surface area contributed by atoms with Crippen molar-refractivity contribution in [2.24, 2.45) is 0 Å². The maximum absolute atomic E-state index is 10.6. The molecule has 0 saturated heterocycles. The molecule has 0 saturated carbocycles. The van der Waals surface area contributed by atoms with Gasteiger partial charge in [0.2, 0.25) is 0 Å². The fraction of sp³-hybridized carbons (Fsp3) is 0.571. The first-order valence-corrected chi connectivity index (χ1v) is 3.66. The Bertz CT molecular complexity index is 123. The first-order chi connectivity index (χ1) is 4.74. The molecule has 0 amide bonds. The molecule has 10 heavy (non-hydrogen) atoms. The van der Waals surface area contributed by atoms with Gasteiger partial charge in [-0.05, 0) is 0 Å². The lowest BCUT2D eigenvalue weighted by Gasteiger charge is -2.08. The maximum atomic E-state index is 10.6. The lowest BCUT2D eigenvalue weighted by molar-refractivity contribution is -0.145. The molecule has 0 aromatic heterocycles. The highest BCUT2D eigenvalue weighted by Gasteiger charge is 2.06. The molecular formula is C7H11ClO2. The highest BCUT2D eigenvalue weighted by molar-refractivity contribution is 6.18. The van der Waals surface area contributed by atoms with E-state index in [0.29, 0.717) is 6.42 Å². The molecule has 0 aliphatic rings. The van der Waals surface area contributed by atoms with Crippen molar-refractivity contribution in [3.8, 4) is 0 Å². The second kappa shape index (κ2) is 5.30. The van der Waals surface area contributed by atoms with Crippen LogP contribution in [-0.2, 0) is 9.53 Å². The zero-order valence-electron chi connectivity index (χ0n) is 5.97. The minimum absolute atomic E-state index is 0.245. The van der Waals surface area contributed by atoms with Gasteiger partial charge >= 0.3 is 5.97 Å². The quantitative estimate of drug-likeness (QED) is 0.358. The van der Waals surface area contributed by atoms with Gasteiger partial charge < -0.3 is 4.74 Å². The third-order valence-corrected chi connectivity index (χ3v) is 1.29. The Morgan fingerprint density at radius 2 is 2.50 bits per heavy atom. The standard InChI is InChI=1S/C7H11ClO2/c1-3-6(5-8)10-7(9)4-2/h3,6H,1,4-5H2,2H3. The lowest BCUT2D eigenvalue weighted by atomic mass is 10.4. The van der Waals surface area contributed by atoms with Crippen LogP contribution >= 0.6 is 11.6 Å². The molecule has 1 unspecified atom stereocenters. The smallest absolute Gasteiger partial charge is 0.306 e. The Morgan fingerprint density at radius 3 is 2.80 bits per heavy atom. The minimum Gasteiger partial charge on any atom is -0.457 e. The number of carbonyl (C=O) groups is 1. The molecule has 0 aromatic rings. The summed E-state index contributed by atoms with van der Waals surface area (Å²) in [5.74, 6) is 0.0282. The van der Waals surface area contributed by atoms with E-state index < -0.39 is 0 Å². The molecule has 0 spiro atoms. The Labute approximate surface area is 65.8 Å². The predicted octanol–water partition coefficient (Wildman–Crippen LogP) is 1.73. The van der Waals surface area contributed by atoms with E-state index in [1.165, 1.54) is 6.08 Å². The summed E-state index contributed by atoms with van der Waals surface area (Å²) in [4.78, 5) is 10.6. The van der Waals surface area contributed by atoms with Gasteiger partial charge in [0.1, 0.15) is 6.10 Å². The molecule has 3 heteroatoms. The first kappa shape index (κ1) is 9.50. The number of hydrogen-bond donors (Lipinski definition) is 0. The summed E-state index contributed by atoms with van der Waals surface area (Å²) in [6, 6.07) is 0. The van der Waals surface area contributed by atoms with Gasteiger partial charge in [-0.15, -0.1) is 11.6 Å². The number of alkyl halides is 1. The van der Waals surface area contributed by atoms with Crippen LogP contribution in [-0.4, -0.2) is 18.0 Å². The molecule has 0 rings (SSSR count). The highest BCUT2D eigenvalue weighted by atomic mass is 35.5. The first-order valence-electron chi connectivity index (χ1n) is 3.12. The molecular weight excluding hydrogens is 152 g/mol. The van der Waals surface area contributed by atoms with E-state index in [2.05, 4.69) is 6.58 Å². The fourth-order valence-corrected chi connectivity index (χ4v) is 0.584. The fourth-order valence-electron chi connectivity index (χ4n) is 0.395. The average Bonchev–Trinajstić information content (AvgIpc) is 1.99. The van der Waals surface area contributed by atoms with E-state index in [1.54, 1.807) is 6.92 Å². The van der Waals surface area contributed by atoms with Gasteiger partial charge in [-0.2, -0.15) is 0 Å². The zero-order valence-corrected chi connectivity index (χ0v) is 6.73. The van der Waals surface area contributed by atoms with E-state index in [4.69, 9.17) is 16.3 Å². The molecule has 0 bridgehead atoms. The van der Waals surface area contributed by atoms with E-state index in [1.807, 2.05) is 0 Å². The Kier molecular flexibility index (Phi) is 5.03. The van der Waals surface area contributed by atoms with Crippen molar-refractivity contribution in [2.75, 3.05) is 5.88 Å². The van der Waals surface area contributed by atoms with Crippen LogP contribution in [0.3, 0.4) is 0 Å². The third kappa shape index (κ3) is 3.51. The van der Waals surface area contributed by atoms with E-state index in [9.17, 15) is 4.79 Å². The number of ether oxygens (including phenoxy) is 1. The largest absolute Gasteiger partial charge is 0.457 e. The van der Waals surface area contributed by atoms with E-state index >= 15 is 0 Å². The third-order valence-electron chi connectivity index (χ3n) is 0.986. The maximum Gasteiger partial charge on any atom is 0.306 e. The molecule has 0 aliphatic heterocycles. The molecule has 0 heterocycles. The summed E-state index contributed by atoms with van der Waals surface area (Å²) >= 11 is 5.42. The second-order valence-electron chi connectivity index (χ2n) is 1.77. The molecule has 0 fully saturated rings. The van der Waals surface area contributed by atoms with E-state index in [0.717, 1.165) is 0 Å². The molecule has 0 aromatic carbocycles. The second-order valence-corrected chi connectivity index (χ2v) is 2.08. The normalized spacial score (nSPS) is 12.2. The molecule has 1 atom stereocenters. The minimum atomic E-state index is -0.339. The van der Waals surface area contributed by atoms with Crippen LogP contribution < -0.4 is 0 Å². The summed E-state index contributed by atoms with van der Waals surface area (Å²) in [6.45, 7) is 5.19. The number of rotatable bonds is 4. The van der Waals surface area contributed by atoms with Crippen LogP contribution in [0.25, 0.3) is 0 Å². The lowest BCUT2D eigenvalue weighted by Crippen LogP contribution is -2.16. The van der Waals surface area contributed by atoms with Gasteiger partial charge in [0.25, 0.3) is 0 Å². The van der Waals surface area contributed by atoms with Gasteiger partial charge in [-0.25, -0.2) is 0 Å². The number of halogens is 1. The van der Waals surface area contributed by atoms with Gasteiger partial charge in [-0.1, -0.05) is 19.6 Å². The van der Waals surface area contributed by atoms with Gasteiger partial charge in [0.05, 0.1) is 5.88 Å². The van der Waals surface area contributed by atoms with Crippen molar-refractivity contribution >= 4 is 17.6 Å². The predicted molar refractivity (Wildman–Crippen MR) is 41.1 cm³/mol.